The number of nitrogens with one attached hydrogen (secondary N) is 1. The van der Waals surface area contributed by atoms with Crippen molar-refractivity contribution in [3.63, 3.8) is 0 Å². The second-order valence-electron chi connectivity index (χ2n) is 8.81. The summed E-state index contributed by atoms with van der Waals surface area (Å²) in [7, 11) is 1.77. The van der Waals surface area contributed by atoms with Crippen molar-refractivity contribution in [1.82, 2.24) is 4.57 Å². The molecule has 0 saturated carbocycles. The highest BCUT2D eigenvalue weighted by atomic mass is 16.5. The Morgan fingerprint density at radius 1 is 1.09 bits per heavy atom. The van der Waals surface area contributed by atoms with Crippen LogP contribution in [0.4, 0.5) is 11.4 Å². The van der Waals surface area contributed by atoms with Gasteiger partial charge in [-0.3, -0.25) is 9.59 Å². The summed E-state index contributed by atoms with van der Waals surface area (Å²) in [5, 5.41) is 2.99. The molecule has 0 atom stereocenters. The van der Waals surface area contributed by atoms with Crippen molar-refractivity contribution < 1.29 is 14.3 Å². The van der Waals surface area contributed by atoms with E-state index in [9.17, 15) is 9.59 Å². The Morgan fingerprint density at radius 2 is 1.85 bits per heavy atom. The largest absolute Gasteiger partial charge is 0.491 e. The van der Waals surface area contributed by atoms with Crippen molar-refractivity contribution in [3.05, 3.63) is 76.2 Å². The van der Waals surface area contributed by atoms with Crippen molar-refractivity contribution in [3.8, 4) is 16.9 Å². The lowest BCUT2D eigenvalue weighted by atomic mass is 10.0. The molecule has 0 bridgehead atoms. The van der Waals surface area contributed by atoms with Gasteiger partial charge >= 0.3 is 0 Å². The van der Waals surface area contributed by atoms with Crippen molar-refractivity contribution >= 4 is 17.3 Å². The SMILES string of the molecule is Cc1ccc(NC(=O)c2cccc(OC(C)C)c2)cc1-c1cc(N2CCOCC2)c(=O)n(C)c1. The lowest BCUT2D eigenvalue weighted by molar-refractivity contribution is 0.102. The van der Waals surface area contributed by atoms with Crippen molar-refractivity contribution in [2.24, 2.45) is 7.05 Å². The topological polar surface area (TPSA) is 72.8 Å². The summed E-state index contributed by atoms with van der Waals surface area (Å²) < 4.78 is 12.8. The molecule has 0 radical (unpaired) electrons. The van der Waals surface area contributed by atoms with Crippen LogP contribution in [0.5, 0.6) is 5.75 Å². The Balaban J connectivity index is 1.62. The maximum atomic E-state index is 12.9. The number of hydrogen-bond acceptors (Lipinski definition) is 5. The number of ether oxygens (including phenoxy) is 2. The van der Waals surface area contributed by atoms with Crippen molar-refractivity contribution in [2.45, 2.75) is 26.9 Å². The Labute approximate surface area is 199 Å². The Morgan fingerprint density at radius 3 is 2.59 bits per heavy atom. The molecule has 1 amide bonds. The molecule has 3 aromatic rings. The Kier molecular flexibility index (Phi) is 7.03. The summed E-state index contributed by atoms with van der Waals surface area (Å²) in [6, 6.07) is 14.9. The number of pyridine rings is 1. The fourth-order valence-electron chi connectivity index (χ4n) is 4.07. The smallest absolute Gasteiger partial charge is 0.273 e. The molecule has 1 saturated heterocycles. The summed E-state index contributed by atoms with van der Waals surface area (Å²) in [5.74, 6) is 0.451. The van der Waals surface area contributed by atoms with E-state index in [0.29, 0.717) is 49.0 Å². The maximum absolute atomic E-state index is 12.9. The third kappa shape index (κ3) is 5.31. The number of carbonyl (C=O) groups is 1. The van der Waals surface area contributed by atoms with Gasteiger partial charge in [-0.15, -0.1) is 0 Å². The van der Waals surface area contributed by atoms with Gasteiger partial charge in [0.1, 0.15) is 11.4 Å². The molecule has 7 nitrogen and oxygen atoms in total. The zero-order valence-corrected chi connectivity index (χ0v) is 20.1. The highest BCUT2D eigenvalue weighted by Crippen LogP contribution is 2.29. The molecule has 178 valence electrons. The first-order chi connectivity index (χ1) is 16.3. The van der Waals surface area contributed by atoms with Crippen LogP contribution >= 0.6 is 0 Å². The molecule has 7 heteroatoms. The van der Waals surface area contributed by atoms with E-state index < -0.39 is 0 Å². The lowest BCUT2D eigenvalue weighted by Gasteiger charge is -2.29. The van der Waals surface area contributed by atoms with Gasteiger partial charge in [-0.25, -0.2) is 0 Å². The standard InChI is InChI=1S/C27H31N3O4/c1-18(2)34-23-7-5-6-20(14-23)26(31)28-22-9-8-19(3)24(16-22)21-15-25(27(32)29(4)17-21)30-10-12-33-13-11-30/h5-9,14-18H,10-13H2,1-4H3,(H,28,31). The maximum Gasteiger partial charge on any atom is 0.273 e. The number of rotatable bonds is 6. The van der Waals surface area contributed by atoms with E-state index in [1.165, 1.54) is 0 Å². The monoisotopic (exact) mass is 461 g/mol. The van der Waals surface area contributed by atoms with Gasteiger partial charge in [0.05, 0.1) is 19.3 Å². The quantitative estimate of drug-likeness (QED) is 0.595. The van der Waals surface area contributed by atoms with Crippen LogP contribution in [0.15, 0.2) is 59.5 Å². The van der Waals surface area contributed by atoms with E-state index in [0.717, 1.165) is 16.7 Å². The van der Waals surface area contributed by atoms with Gasteiger partial charge in [0.2, 0.25) is 0 Å². The minimum absolute atomic E-state index is 0.0298. The van der Waals surface area contributed by atoms with E-state index in [1.807, 2.05) is 63.4 Å². The molecular formula is C27H31N3O4. The Bertz CT molecular complexity index is 1240. The molecule has 4 rings (SSSR count). The van der Waals surface area contributed by atoms with Crippen LogP contribution in [0.25, 0.3) is 11.1 Å². The van der Waals surface area contributed by atoms with E-state index in [-0.39, 0.29) is 17.6 Å². The number of hydrogen-bond donors (Lipinski definition) is 1. The first-order valence-electron chi connectivity index (χ1n) is 11.5. The van der Waals surface area contributed by atoms with Gasteiger partial charge in [0.25, 0.3) is 11.5 Å². The van der Waals surface area contributed by atoms with Crippen LogP contribution in [-0.4, -0.2) is 42.9 Å². The summed E-state index contributed by atoms with van der Waals surface area (Å²) in [4.78, 5) is 27.8. The normalized spacial score (nSPS) is 13.7. The molecule has 0 aliphatic carbocycles. The van der Waals surface area contributed by atoms with Crippen LogP contribution in [0.3, 0.4) is 0 Å². The van der Waals surface area contributed by atoms with Gasteiger partial charge in [0.15, 0.2) is 0 Å². The number of morpholine rings is 1. The number of aromatic nitrogens is 1. The molecule has 0 unspecified atom stereocenters. The summed E-state index contributed by atoms with van der Waals surface area (Å²) in [5.41, 5.74) is 4.77. The minimum atomic E-state index is -0.210. The molecule has 1 aliphatic rings. The number of anilines is 2. The molecule has 2 aromatic carbocycles. The van der Waals surface area contributed by atoms with E-state index in [2.05, 4.69) is 10.2 Å². The predicted octanol–water partition coefficient (Wildman–Crippen LogP) is 4.24. The zero-order chi connectivity index (χ0) is 24.2. The van der Waals surface area contributed by atoms with Crippen LogP contribution < -0.4 is 20.5 Å². The molecule has 34 heavy (non-hydrogen) atoms. The molecule has 1 aromatic heterocycles. The van der Waals surface area contributed by atoms with Gasteiger partial charge in [-0.05, 0) is 68.3 Å². The number of nitrogens with zero attached hydrogens (tertiary/aromatic N) is 2. The Hall–Kier alpha value is -3.58. The van der Waals surface area contributed by atoms with Crippen LogP contribution in [0.1, 0.15) is 29.8 Å². The van der Waals surface area contributed by atoms with Crippen molar-refractivity contribution in [2.75, 3.05) is 36.5 Å². The third-order valence-electron chi connectivity index (χ3n) is 5.79. The summed E-state index contributed by atoms with van der Waals surface area (Å²) in [6.45, 7) is 8.51. The third-order valence-corrected chi connectivity index (χ3v) is 5.79. The zero-order valence-electron chi connectivity index (χ0n) is 20.1. The average Bonchev–Trinajstić information content (AvgIpc) is 2.82. The highest BCUT2D eigenvalue weighted by molar-refractivity contribution is 6.04. The molecule has 1 N–H and O–H groups in total. The first-order valence-corrected chi connectivity index (χ1v) is 11.5. The minimum Gasteiger partial charge on any atom is -0.491 e. The fourth-order valence-corrected chi connectivity index (χ4v) is 4.07. The van der Waals surface area contributed by atoms with E-state index in [1.54, 1.807) is 23.7 Å². The van der Waals surface area contributed by atoms with Crippen LogP contribution in [-0.2, 0) is 11.8 Å². The summed E-state index contributed by atoms with van der Waals surface area (Å²) >= 11 is 0. The molecule has 1 fully saturated rings. The van der Waals surface area contributed by atoms with Gasteiger partial charge < -0.3 is 24.3 Å². The second kappa shape index (κ2) is 10.1. The van der Waals surface area contributed by atoms with Crippen LogP contribution in [0, 0.1) is 6.92 Å². The predicted molar refractivity (Wildman–Crippen MR) is 135 cm³/mol. The number of carbonyl (C=O) groups excluding carboxylic acids is 1. The van der Waals surface area contributed by atoms with E-state index in [4.69, 9.17) is 9.47 Å². The first kappa shape index (κ1) is 23.6. The molecular weight excluding hydrogens is 430 g/mol. The van der Waals surface area contributed by atoms with Gasteiger partial charge in [0, 0.05) is 43.1 Å². The fraction of sp³-hybridized carbons (Fsp3) is 0.333. The average molecular weight is 462 g/mol. The molecule has 0 spiro atoms. The number of aryl methyl sites for hydroxylation is 2. The summed E-state index contributed by atoms with van der Waals surface area (Å²) in [6.07, 6.45) is 1.87. The van der Waals surface area contributed by atoms with Gasteiger partial charge in [-0.1, -0.05) is 12.1 Å². The van der Waals surface area contributed by atoms with Crippen molar-refractivity contribution in [1.29, 1.82) is 0 Å². The highest BCUT2D eigenvalue weighted by Gasteiger charge is 2.18. The lowest BCUT2D eigenvalue weighted by Crippen LogP contribution is -2.40. The van der Waals surface area contributed by atoms with E-state index >= 15 is 0 Å². The number of benzene rings is 2. The molecule has 2 heterocycles. The number of amides is 1. The van der Waals surface area contributed by atoms with Gasteiger partial charge in [-0.2, -0.15) is 0 Å². The second-order valence-corrected chi connectivity index (χ2v) is 8.81. The van der Waals surface area contributed by atoms with Crippen LogP contribution in [0.2, 0.25) is 0 Å². The molecule has 1 aliphatic heterocycles.